The first-order valence-corrected chi connectivity index (χ1v) is 10.9. The molecule has 178 valence electrons. The van der Waals surface area contributed by atoms with Crippen LogP contribution in [0.2, 0.25) is 5.02 Å². The molecular weight excluding hydrogens is 471 g/mol. The third-order valence-electron chi connectivity index (χ3n) is 6.01. The van der Waals surface area contributed by atoms with E-state index in [1.807, 2.05) is 31.2 Å². The highest BCUT2D eigenvalue weighted by atomic mass is 35.5. The monoisotopic (exact) mass is 491 g/mol. The molecule has 3 atom stereocenters. The third kappa shape index (κ3) is 4.37. The average Bonchev–Trinajstić information content (AvgIpc) is 3.26. The van der Waals surface area contributed by atoms with Crippen molar-refractivity contribution >= 4 is 23.4 Å². The van der Waals surface area contributed by atoms with Gasteiger partial charge in [-0.3, -0.25) is 9.59 Å². The SMILES string of the molecule is CNC(=O)[C@H]1Cc2ccccc2C(C)[C@H]1NC(=O)c1cc(C(F)(F)F)nn1-c1ncccc1Cl. The molecule has 1 aromatic carbocycles. The molecule has 0 radical (unpaired) electrons. The van der Waals surface area contributed by atoms with Crippen molar-refractivity contribution in [1.82, 2.24) is 25.4 Å². The number of pyridine rings is 1. The van der Waals surface area contributed by atoms with E-state index in [-0.39, 0.29) is 22.7 Å². The highest BCUT2D eigenvalue weighted by molar-refractivity contribution is 6.32. The number of alkyl halides is 3. The van der Waals surface area contributed by atoms with Gasteiger partial charge in [0.2, 0.25) is 5.91 Å². The molecule has 11 heteroatoms. The number of carbonyl (C=O) groups is 2. The largest absolute Gasteiger partial charge is 0.435 e. The van der Waals surface area contributed by atoms with Crippen LogP contribution in [-0.2, 0) is 17.4 Å². The summed E-state index contributed by atoms with van der Waals surface area (Å²) in [6.45, 7) is 1.87. The molecule has 0 saturated carbocycles. The van der Waals surface area contributed by atoms with Gasteiger partial charge in [-0.05, 0) is 29.7 Å². The van der Waals surface area contributed by atoms with Gasteiger partial charge in [0.05, 0.1) is 10.9 Å². The minimum absolute atomic E-state index is 0.0246. The number of amides is 2. The first kappa shape index (κ1) is 23.7. The van der Waals surface area contributed by atoms with Crippen molar-refractivity contribution < 1.29 is 22.8 Å². The Hall–Kier alpha value is -3.40. The fraction of sp³-hybridized carbons (Fsp3) is 0.304. The lowest BCUT2D eigenvalue weighted by Gasteiger charge is -2.37. The van der Waals surface area contributed by atoms with Crippen LogP contribution in [-0.4, -0.2) is 39.7 Å². The maximum Gasteiger partial charge on any atom is 0.435 e. The predicted molar refractivity (Wildman–Crippen MR) is 119 cm³/mol. The normalized spacial score (nSPS) is 19.9. The highest BCUT2D eigenvalue weighted by Gasteiger charge is 2.41. The van der Waals surface area contributed by atoms with E-state index in [2.05, 4.69) is 20.7 Å². The molecule has 0 fully saturated rings. The second kappa shape index (κ2) is 9.09. The van der Waals surface area contributed by atoms with Gasteiger partial charge in [-0.1, -0.05) is 42.8 Å². The number of fused-ring (bicyclic) bond motifs is 1. The van der Waals surface area contributed by atoms with E-state index in [4.69, 9.17) is 11.6 Å². The maximum absolute atomic E-state index is 13.4. The van der Waals surface area contributed by atoms with Gasteiger partial charge in [0, 0.05) is 31.3 Å². The van der Waals surface area contributed by atoms with Crippen molar-refractivity contribution in [1.29, 1.82) is 0 Å². The molecule has 0 bridgehead atoms. The van der Waals surface area contributed by atoms with Crippen molar-refractivity contribution in [2.45, 2.75) is 31.5 Å². The maximum atomic E-state index is 13.4. The smallest absolute Gasteiger partial charge is 0.359 e. The van der Waals surface area contributed by atoms with Crippen molar-refractivity contribution in [3.05, 3.63) is 76.2 Å². The fourth-order valence-corrected chi connectivity index (χ4v) is 4.54. The first-order valence-electron chi connectivity index (χ1n) is 10.5. The van der Waals surface area contributed by atoms with Gasteiger partial charge in [-0.2, -0.15) is 18.3 Å². The van der Waals surface area contributed by atoms with Crippen molar-refractivity contribution in [3.8, 4) is 5.82 Å². The molecule has 2 N–H and O–H groups in total. The van der Waals surface area contributed by atoms with E-state index < -0.39 is 35.4 Å². The Morgan fingerprint density at radius 2 is 1.91 bits per heavy atom. The zero-order valence-electron chi connectivity index (χ0n) is 18.2. The van der Waals surface area contributed by atoms with E-state index >= 15 is 0 Å². The summed E-state index contributed by atoms with van der Waals surface area (Å²) in [7, 11) is 1.50. The van der Waals surface area contributed by atoms with E-state index in [1.165, 1.54) is 25.4 Å². The van der Waals surface area contributed by atoms with Crippen molar-refractivity contribution in [2.75, 3.05) is 7.05 Å². The summed E-state index contributed by atoms with van der Waals surface area (Å²) in [4.78, 5) is 30.0. The van der Waals surface area contributed by atoms with Crippen LogP contribution >= 0.6 is 11.6 Å². The summed E-state index contributed by atoms with van der Waals surface area (Å²) >= 11 is 6.12. The van der Waals surface area contributed by atoms with Crippen LogP contribution in [0, 0.1) is 5.92 Å². The second-order valence-electron chi connectivity index (χ2n) is 8.04. The number of aromatic nitrogens is 3. The number of benzene rings is 1. The van der Waals surface area contributed by atoms with Crippen LogP contribution in [0.25, 0.3) is 5.82 Å². The summed E-state index contributed by atoms with van der Waals surface area (Å²) in [6.07, 6.45) is -3.08. The van der Waals surface area contributed by atoms with Crippen LogP contribution < -0.4 is 10.6 Å². The summed E-state index contributed by atoms with van der Waals surface area (Å²) in [5, 5.41) is 8.98. The highest BCUT2D eigenvalue weighted by Crippen LogP contribution is 2.36. The number of rotatable bonds is 4. The van der Waals surface area contributed by atoms with Gasteiger partial charge in [0.1, 0.15) is 5.69 Å². The summed E-state index contributed by atoms with van der Waals surface area (Å²) in [5.74, 6) is -2.10. The van der Waals surface area contributed by atoms with Crippen molar-refractivity contribution in [2.24, 2.45) is 5.92 Å². The molecular formula is C23H21ClF3N5O2. The molecule has 34 heavy (non-hydrogen) atoms. The fourth-order valence-electron chi connectivity index (χ4n) is 4.34. The predicted octanol–water partition coefficient (Wildman–Crippen LogP) is 3.76. The summed E-state index contributed by atoms with van der Waals surface area (Å²) < 4.78 is 41.1. The molecule has 2 heterocycles. The van der Waals surface area contributed by atoms with Gasteiger partial charge in [-0.15, -0.1) is 0 Å². The van der Waals surface area contributed by atoms with Crippen LogP contribution in [0.15, 0.2) is 48.7 Å². The number of hydrogen-bond acceptors (Lipinski definition) is 4. The Kier molecular flexibility index (Phi) is 6.35. The number of carbonyl (C=O) groups excluding carboxylic acids is 2. The number of nitrogens with one attached hydrogen (secondary N) is 2. The van der Waals surface area contributed by atoms with Gasteiger partial charge in [-0.25, -0.2) is 9.67 Å². The first-order chi connectivity index (χ1) is 16.1. The topological polar surface area (TPSA) is 88.9 Å². The van der Waals surface area contributed by atoms with Crippen LogP contribution in [0.3, 0.4) is 0 Å². The molecule has 2 aromatic heterocycles. The Bertz CT molecular complexity index is 1240. The third-order valence-corrected chi connectivity index (χ3v) is 6.31. The summed E-state index contributed by atoms with van der Waals surface area (Å²) in [6, 6.07) is 10.5. The van der Waals surface area contributed by atoms with Crippen molar-refractivity contribution in [3.63, 3.8) is 0 Å². The Labute approximate surface area is 198 Å². The molecule has 1 unspecified atom stereocenters. The number of halogens is 4. The van der Waals surface area contributed by atoms with E-state index in [0.29, 0.717) is 12.5 Å². The molecule has 0 saturated heterocycles. The van der Waals surface area contributed by atoms with Crippen LogP contribution in [0.1, 0.15) is 40.2 Å². The Morgan fingerprint density at radius 1 is 1.18 bits per heavy atom. The van der Waals surface area contributed by atoms with Gasteiger partial charge in [0.15, 0.2) is 11.5 Å². The lowest BCUT2D eigenvalue weighted by atomic mass is 9.73. The quantitative estimate of drug-likeness (QED) is 0.581. The number of nitrogens with zero attached hydrogens (tertiary/aromatic N) is 3. The second-order valence-corrected chi connectivity index (χ2v) is 8.45. The molecule has 4 rings (SSSR count). The molecule has 1 aliphatic rings. The molecule has 1 aliphatic carbocycles. The van der Waals surface area contributed by atoms with Gasteiger partial charge in [0.25, 0.3) is 5.91 Å². The Morgan fingerprint density at radius 3 is 2.59 bits per heavy atom. The zero-order chi connectivity index (χ0) is 24.6. The minimum atomic E-state index is -4.79. The summed E-state index contributed by atoms with van der Waals surface area (Å²) in [5.41, 5.74) is 0.294. The van der Waals surface area contributed by atoms with E-state index in [9.17, 15) is 22.8 Å². The minimum Gasteiger partial charge on any atom is -0.359 e. The Balaban J connectivity index is 1.75. The molecule has 3 aromatic rings. The van der Waals surface area contributed by atoms with Crippen LogP contribution in [0.4, 0.5) is 13.2 Å². The van der Waals surface area contributed by atoms with Crippen LogP contribution in [0.5, 0.6) is 0 Å². The average molecular weight is 492 g/mol. The standard InChI is InChI=1S/C23H21ClF3N5O2/c1-12-14-7-4-3-6-13(14)10-15(21(33)28-2)19(12)30-22(34)17-11-18(23(25,26)27)31-32(17)20-16(24)8-5-9-29-20/h3-9,11-12,15,19H,10H2,1-2H3,(H,28,33)(H,30,34)/t12?,15-,19+/m0/s1. The molecule has 0 aliphatic heterocycles. The molecule has 2 amide bonds. The molecule has 7 nitrogen and oxygen atoms in total. The lowest BCUT2D eigenvalue weighted by molar-refractivity contribution is -0.141. The van der Waals surface area contributed by atoms with E-state index in [1.54, 1.807) is 0 Å². The zero-order valence-corrected chi connectivity index (χ0v) is 19.0. The lowest BCUT2D eigenvalue weighted by Crippen LogP contribution is -2.52. The van der Waals surface area contributed by atoms with E-state index in [0.717, 1.165) is 15.8 Å². The molecule has 0 spiro atoms. The van der Waals surface area contributed by atoms with Gasteiger partial charge >= 0.3 is 6.18 Å². The van der Waals surface area contributed by atoms with Gasteiger partial charge < -0.3 is 10.6 Å². The number of hydrogen-bond donors (Lipinski definition) is 2.